The number of thiazole rings is 1. The molecule has 1 aliphatic heterocycles. The first-order valence-corrected chi connectivity index (χ1v) is 12.0. The summed E-state index contributed by atoms with van der Waals surface area (Å²) in [6.07, 6.45) is 1.11. The summed E-state index contributed by atoms with van der Waals surface area (Å²) in [6, 6.07) is 9.26. The van der Waals surface area contributed by atoms with Crippen molar-refractivity contribution in [1.29, 1.82) is 0 Å². The van der Waals surface area contributed by atoms with E-state index in [1.54, 1.807) is 5.38 Å². The first kappa shape index (κ1) is 25.0. The van der Waals surface area contributed by atoms with E-state index in [-0.39, 0.29) is 28.0 Å². The Morgan fingerprint density at radius 2 is 2.11 bits per heavy atom. The fourth-order valence-electron chi connectivity index (χ4n) is 4.00. The van der Waals surface area contributed by atoms with E-state index in [9.17, 15) is 20.1 Å². The summed E-state index contributed by atoms with van der Waals surface area (Å²) in [4.78, 5) is 28.4. The smallest absolute Gasteiger partial charge is 0.339 e. The lowest BCUT2D eigenvalue weighted by Gasteiger charge is -2.25. The molecule has 1 saturated heterocycles. The molecule has 0 radical (unpaired) electrons. The third-order valence-corrected chi connectivity index (χ3v) is 6.97. The molecular weight excluding hydrogens is 524 g/mol. The zero-order valence-electron chi connectivity index (χ0n) is 18.8. The SMILES string of the molecule is C#C[C@@]1(O)[C@@H](CO[C@@H](C(=O)O)c2csc(-c3ccccc3)n2)O[C@@H](n2cnc3c(N)nc(Cl)nc32)[C@@H]1O. The lowest BCUT2D eigenvalue weighted by molar-refractivity contribution is -0.157. The number of fused-ring (bicyclic) bond motifs is 1. The minimum absolute atomic E-state index is 0.00997. The van der Waals surface area contributed by atoms with Crippen LogP contribution in [0.15, 0.2) is 42.0 Å². The van der Waals surface area contributed by atoms with Crippen LogP contribution in [0.2, 0.25) is 5.28 Å². The van der Waals surface area contributed by atoms with Crippen LogP contribution in [0.25, 0.3) is 21.7 Å². The van der Waals surface area contributed by atoms with Crippen LogP contribution in [0, 0.1) is 12.3 Å². The van der Waals surface area contributed by atoms with Crippen molar-refractivity contribution in [2.75, 3.05) is 12.3 Å². The highest BCUT2D eigenvalue weighted by Gasteiger charge is 2.56. The molecule has 4 aromatic rings. The second kappa shape index (κ2) is 9.67. The molecule has 4 heterocycles. The van der Waals surface area contributed by atoms with E-state index in [0.717, 1.165) is 5.56 Å². The molecule has 14 heteroatoms. The number of imidazole rings is 1. The lowest BCUT2D eigenvalue weighted by atomic mass is 9.93. The van der Waals surface area contributed by atoms with Gasteiger partial charge in [-0.1, -0.05) is 36.3 Å². The van der Waals surface area contributed by atoms with Gasteiger partial charge in [-0.2, -0.15) is 9.97 Å². The number of carboxylic acids is 1. The molecule has 1 aromatic carbocycles. The van der Waals surface area contributed by atoms with Gasteiger partial charge in [-0.25, -0.2) is 14.8 Å². The molecule has 1 aliphatic rings. The Balaban J connectivity index is 1.39. The number of ether oxygens (including phenoxy) is 2. The molecule has 0 unspecified atom stereocenters. The van der Waals surface area contributed by atoms with Gasteiger partial charge in [0.2, 0.25) is 5.28 Å². The Morgan fingerprint density at radius 1 is 1.35 bits per heavy atom. The topological polar surface area (TPSA) is 179 Å². The summed E-state index contributed by atoms with van der Waals surface area (Å²) in [5.41, 5.74) is 4.94. The Morgan fingerprint density at radius 3 is 2.81 bits per heavy atom. The highest BCUT2D eigenvalue weighted by molar-refractivity contribution is 7.13. The van der Waals surface area contributed by atoms with Crippen molar-refractivity contribution in [2.45, 2.75) is 30.1 Å². The number of nitrogens with two attached hydrogens (primary N) is 1. The maximum absolute atomic E-state index is 12.0. The number of aliphatic hydroxyl groups is 2. The van der Waals surface area contributed by atoms with Crippen LogP contribution < -0.4 is 5.73 Å². The van der Waals surface area contributed by atoms with Crippen molar-refractivity contribution in [1.82, 2.24) is 24.5 Å². The highest BCUT2D eigenvalue weighted by Crippen LogP contribution is 2.39. The number of halogens is 1. The molecule has 0 spiro atoms. The van der Waals surface area contributed by atoms with Gasteiger partial charge in [0, 0.05) is 10.9 Å². The monoisotopic (exact) mass is 542 g/mol. The normalized spacial score (nSPS) is 24.2. The largest absolute Gasteiger partial charge is 0.479 e. The van der Waals surface area contributed by atoms with Crippen LogP contribution in [-0.2, 0) is 14.3 Å². The average molecular weight is 543 g/mol. The molecule has 3 aromatic heterocycles. The predicted molar refractivity (Wildman–Crippen MR) is 132 cm³/mol. The number of carboxylic acid groups (broad SMARTS) is 1. The van der Waals surface area contributed by atoms with E-state index in [2.05, 4.69) is 25.9 Å². The van der Waals surface area contributed by atoms with Crippen molar-refractivity contribution in [3.8, 4) is 22.9 Å². The van der Waals surface area contributed by atoms with Gasteiger partial charge in [0.05, 0.1) is 18.6 Å². The van der Waals surface area contributed by atoms with Crippen molar-refractivity contribution < 1.29 is 29.6 Å². The number of hydrogen-bond donors (Lipinski definition) is 4. The van der Waals surface area contributed by atoms with Crippen molar-refractivity contribution in [2.24, 2.45) is 0 Å². The number of nitrogens with zero attached hydrogens (tertiary/aromatic N) is 5. The second-order valence-electron chi connectivity index (χ2n) is 8.13. The number of aliphatic hydroxyl groups excluding tert-OH is 1. The van der Waals surface area contributed by atoms with Crippen LogP contribution in [0.5, 0.6) is 0 Å². The zero-order chi connectivity index (χ0) is 26.3. The molecule has 5 rings (SSSR count). The van der Waals surface area contributed by atoms with Crippen LogP contribution in [0.4, 0.5) is 5.82 Å². The summed E-state index contributed by atoms with van der Waals surface area (Å²) >= 11 is 7.17. The Hall–Kier alpha value is -3.64. The fraction of sp³-hybridized carbons (Fsp3) is 0.261. The van der Waals surface area contributed by atoms with Gasteiger partial charge >= 0.3 is 5.97 Å². The summed E-state index contributed by atoms with van der Waals surface area (Å²) in [5.74, 6) is 0.854. The van der Waals surface area contributed by atoms with Gasteiger partial charge in [0.1, 0.15) is 22.7 Å². The van der Waals surface area contributed by atoms with E-state index in [1.807, 2.05) is 30.3 Å². The van der Waals surface area contributed by atoms with E-state index < -0.39 is 42.7 Å². The Kier molecular flexibility index (Phi) is 6.54. The molecule has 0 aliphatic carbocycles. The van der Waals surface area contributed by atoms with E-state index in [4.69, 9.17) is 33.2 Å². The van der Waals surface area contributed by atoms with Crippen LogP contribution in [0.3, 0.4) is 0 Å². The van der Waals surface area contributed by atoms with Crippen molar-refractivity contribution in [3.63, 3.8) is 0 Å². The summed E-state index contributed by atoms with van der Waals surface area (Å²) in [5, 5.41) is 33.8. The molecule has 5 N–H and O–H groups in total. The molecule has 5 atom stereocenters. The number of rotatable bonds is 7. The van der Waals surface area contributed by atoms with Gasteiger partial charge in [-0.3, -0.25) is 4.57 Å². The number of terminal acetylenes is 1. The number of hydrogen-bond acceptors (Lipinski definition) is 11. The van der Waals surface area contributed by atoms with Crippen LogP contribution in [0.1, 0.15) is 18.0 Å². The number of aliphatic carboxylic acids is 1. The molecule has 0 saturated carbocycles. The summed E-state index contributed by atoms with van der Waals surface area (Å²) < 4.78 is 12.8. The van der Waals surface area contributed by atoms with Crippen molar-refractivity contribution >= 4 is 45.9 Å². The standard InChI is InChI=1S/C23H19ClN6O6S/c1-2-23(34)13(36-20(16(23)31)30-10-26-14-17(25)28-22(24)29-18(14)30)8-35-15(21(32)33)12-9-37-19(27-12)11-6-4-3-5-7-11/h1,3-7,9-10,13,15-16,20,31,34H,8H2,(H,32,33)(H2,25,28,29)/t13-,15-,16+,20-,23-/m1/s1. The third kappa shape index (κ3) is 4.40. The first-order chi connectivity index (χ1) is 17.7. The van der Waals surface area contributed by atoms with E-state index >= 15 is 0 Å². The van der Waals surface area contributed by atoms with Gasteiger partial charge in [0.25, 0.3) is 0 Å². The molecule has 0 amide bonds. The quantitative estimate of drug-likeness (QED) is 0.197. The minimum atomic E-state index is -2.23. The fourth-order valence-corrected chi connectivity index (χ4v) is 5.01. The Bertz CT molecular complexity index is 1510. The molecule has 190 valence electrons. The van der Waals surface area contributed by atoms with Crippen LogP contribution in [-0.4, -0.2) is 70.2 Å². The maximum atomic E-state index is 12.0. The average Bonchev–Trinajstić information content (AvgIpc) is 3.58. The molecule has 1 fully saturated rings. The van der Waals surface area contributed by atoms with E-state index in [0.29, 0.717) is 5.01 Å². The molecule has 0 bridgehead atoms. The summed E-state index contributed by atoms with van der Waals surface area (Å²) in [6.45, 7) is -0.478. The van der Waals surface area contributed by atoms with Crippen LogP contribution >= 0.6 is 22.9 Å². The van der Waals surface area contributed by atoms with Gasteiger partial charge in [-0.05, 0) is 11.6 Å². The van der Waals surface area contributed by atoms with Gasteiger partial charge in [-0.15, -0.1) is 17.8 Å². The number of aromatic nitrogens is 5. The number of benzene rings is 1. The maximum Gasteiger partial charge on any atom is 0.339 e. The number of carbonyl (C=O) groups is 1. The highest BCUT2D eigenvalue weighted by atomic mass is 35.5. The minimum Gasteiger partial charge on any atom is -0.479 e. The molecule has 12 nitrogen and oxygen atoms in total. The van der Waals surface area contributed by atoms with Gasteiger partial charge < -0.3 is 30.5 Å². The summed E-state index contributed by atoms with van der Waals surface area (Å²) in [7, 11) is 0. The first-order valence-electron chi connectivity index (χ1n) is 10.8. The molecule has 37 heavy (non-hydrogen) atoms. The third-order valence-electron chi connectivity index (χ3n) is 5.89. The second-order valence-corrected chi connectivity index (χ2v) is 9.32. The van der Waals surface area contributed by atoms with Crippen molar-refractivity contribution in [3.05, 3.63) is 53.0 Å². The lowest BCUT2D eigenvalue weighted by Crippen LogP contribution is -2.48. The number of anilines is 1. The van der Waals surface area contributed by atoms with E-state index in [1.165, 1.54) is 22.2 Å². The number of nitrogen functional groups attached to an aromatic ring is 1. The molecular formula is C23H19ClN6O6S. The Labute approximate surface area is 218 Å². The van der Waals surface area contributed by atoms with Gasteiger partial charge in [0.15, 0.2) is 29.4 Å². The zero-order valence-corrected chi connectivity index (χ0v) is 20.4. The predicted octanol–water partition coefficient (Wildman–Crippen LogP) is 1.65.